The third-order valence-electron chi connectivity index (χ3n) is 2.50. The van der Waals surface area contributed by atoms with Gasteiger partial charge in [0.2, 0.25) is 0 Å². The number of amides is 2. The van der Waals surface area contributed by atoms with Crippen molar-refractivity contribution in [2.45, 2.75) is 19.4 Å². The average molecular weight is 302 g/mol. The number of hydrogen-bond acceptors (Lipinski definition) is 3. The van der Waals surface area contributed by atoms with E-state index in [1.165, 1.54) is 6.92 Å². The van der Waals surface area contributed by atoms with Crippen molar-refractivity contribution in [1.29, 1.82) is 0 Å². The molecular formula is C12H12F2N2O5. The van der Waals surface area contributed by atoms with E-state index in [4.69, 9.17) is 10.2 Å². The minimum absolute atomic E-state index is 0.0759. The molecule has 1 aromatic carbocycles. The lowest BCUT2D eigenvalue weighted by Crippen LogP contribution is -2.44. The molecule has 2 amide bonds. The third kappa shape index (κ3) is 4.41. The third-order valence-corrected chi connectivity index (χ3v) is 2.50. The van der Waals surface area contributed by atoms with Crippen LogP contribution in [0.5, 0.6) is 0 Å². The summed E-state index contributed by atoms with van der Waals surface area (Å²) in [6.45, 7) is 1.35. The standard InChI is InChI=1S/C12H12F2N2O5/c1-5-2-3-6(13)10(9(5)14)16-12(21)15-7(11(19)20)4-8(17)18/h2-3,7H,4H2,1H3,(H,17,18)(H,19,20)(H2,15,16,21). The van der Waals surface area contributed by atoms with E-state index < -0.39 is 47.8 Å². The Morgan fingerprint density at radius 1 is 1.24 bits per heavy atom. The van der Waals surface area contributed by atoms with Crippen LogP contribution in [-0.4, -0.2) is 34.2 Å². The first kappa shape index (κ1) is 16.3. The number of carboxylic acid groups (broad SMARTS) is 2. The average Bonchev–Trinajstić information content (AvgIpc) is 2.38. The lowest BCUT2D eigenvalue weighted by atomic mass is 10.2. The smallest absolute Gasteiger partial charge is 0.326 e. The number of aryl methyl sites for hydroxylation is 1. The number of anilines is 1. The molecular weight excluding hydrogens is 290 g/mol. The molecule has 0 saturated heterocycles. The second kappa shape index (κ2) is 6.64. The van der Waals surface area contributed by atoms with Gasteiger partial charge in [0.25, 0.3) is 0 Å². The Balaban J connectivity index is 2.84. The number of carbonyl (C=O) groups excluding carboxylic acids is 1. The van der Waals surface area contributed by atoms with Crippen molar-refractivity contribution in [3.05, 3.63) is 29.3 Å². The molecule has 0 fully saturated rings. The summed E-state index contributed by atoms with van der Waals surface area (Å²) in [5, 5.41) is 20.9. The first-order valence-corrected chi connectivity index (χ1v) is 5.69. The van der Waals surface area contributed by atoms with Gasteiger partial charge in [-0.3, -0.25) is 4.79 Å². The number of aliphatic carboxylic acids is 2. The molecule has 0 aromatic heterocycles. The molecule has 0 radical (unpaired) electrons. The molecule has 1 atom stereocenters. The van der Waals surface area contributed by atoms with E-state index in [2.05, 4.69) is 0 Å². The molecule has 0 spiro atoms. The fourth-order valence-electron chi connectivity index (χ4n) is 1.45. The minimum Gasteiger partial charge on any atom is -0.481 e. The number of hydrogen-bond donors (Lipinski definition) is 4. The maximum Gasteiger partial charge on any atom is 0.326 e. The van der Waals surface area contributed by atoms with E-state index in [9.17, 15) is 23.2 Å². The van der Waals surface area contributed by atoms with Crippen molar-refractivity contribution in [2.75, 3.05) is 5.32 Å². The Kier molecular flexibility index (Phi) is 5.17. The van der Waals surface area contributed by atoms with Gasteiger partial charge in [-0.05, 0) is 18.6 Å². The summed E-state index contributed by atoms with van der Waals surface area (Å²) in [5.41, 5.74) is -0.668. The SMILES string of the molecule is Cc1ccc(F)c(NC(=O)NC(CC(=O)O)C(=O)O)c1F. The summed E-state index contributed by atoms with van der Waals surface area (Å²) in [5.74, 6) is -5.08. The number of rotatable bonds is 5. The lowest BCUT2D eigenvalue weighted by molar-refractivity contribution is -0.145. The highest BCUT2D eigenvalue weighted by molar-refractivity contribution is 5.93. The van der Waals surface area contributed by atoms with Crippen LogP contribution in [0, 0.1) is 18.6 Å². The molecule has 0 aliphatic rings. The van der Waals surface area contributed by atoms with Gasteiger partial charge in [0, 0.05) is 0 Å². The van der Waals surface area contributed by atoms with Crippen LogP contribution in [0.3, 0.4) is 0 Å². The highest BCUT2D eigenvalue weighted by Crippen LogP contribution is 2.21. The van der Waals surface area contributed by atoms with Crippen molar-refractivity contribution in [2.24, 2.45) is 0 Å². The number of nitrogens with one attached hydrogen (secondary N) is 2. The van der Waals surface area contributed by atoms with Crippen LogP contribution in [0.4, 0.5) is 19.3 Å². The highest BCUT2D eigenvalue weighted by Gasteiger charge is 2.24. The number of carboxylic acids is 2. The molecule has 0 saturated carbocycles. The Bertz CT molecular complexity index is 591. The number of benzene rings is 1. The maximum absolute atomic E-state index is 13.6. The second-order valence-electron chi connectivity index (χ2n) is 4.14. The minimum atomic E-state index is -1.72. The van der Waals surface area contributed by atoms with Gasteiger partial charge >= 0.3 is 18.0 Å². The normalized spacial score (nSPS) is 11.6. The molecule has 0 aliphatic carbocycles. The van der Waals surface area contributed by atoms with Crippen LogP contribution in [0.1, 0.15) is 12.0 Å². The van der Waals surface area contributed by atoms with Crippen molar-refractivity contribution in [3.63, 3.8) is 0 Å². The molecule has 21 heavy (non-hydrogen) atoms. The number of urea groups is 1. The van der Waals surface area contributed by atoms with Crippen molar-refractivity contribution < 1.29 is 33.4 Å². The zero-order chi connectivity index (χ0) is 16.2. The summed E-state index contributed by atoms with van der Waals surface area (Å²) in [4.78, 5) is 32.7. The molecule has 9 heteroatoms. The number of halogens is 2. The molecule has 4 N–H and O–H groups in total. The summed E-state index contributed by atoms with van der Waals surface area (Å²) < 4.78 is 27.0. The molecule has 0 aliphatic heterocycles. The first-order valence-electron chi connectivity index (χ1n) is 5.69. The number of carbonyl (C=O) groups is 3. The fourth-order valence-corrected chi connectivity index (χ4v) is 1.45. The summed E-state index contributed by atoms with van der Waals surface area (Å²) in [6.07, 6.45) is -0.873. The summed E-state index contributed by atoms with van der Waals surface area (Å²) in [6, 6.07) is -0.858. The van der Waals surface area contributed by atoms with E-state index in [0.717, 1.165) is 12.1 Å². The van der Waals surface area contributed by atoms with Gasteiger partial charge in [-0.1, -0.05) is 6.07 Å². The van der Waals surface area contributed by atoms with Gasteiger partial charge in [-0.15, -0.1) is 0 Å². The Labute approximate surface area is 117 Å². The summed E-state index contributed by atoms with van der Waals surface area (Å²) >= 11 is 0. The van der Waals surface area contributed by atoms with Crippen molar-refractivity contribution >= 4 is 23.7 Å². The summed E-state index contributed by atoms with van der Waals surface area (Å²) in [7, 11) is 0. The Hall–Kier alpha value is -2.71. The molecule has 1 unspecified atom stereocenters. The van der Waals surface area contributed by atoms with Crippen molar-refractivity contribution in [1.82, 2.24) is 5.32 Å². The predicted octanol–water partition coefficient (Wildman–Crippen LogP) is 1.32. The van der Waals surface area contributed by atoms with E-state index in [1.807, 2.05) is 5.32 Å². The van der Waals surface area contributed by atoms with Crippen molar-refractivity contribution in [3.8, 4) is 0 Å². The van der Waals surface area contributed by atoms with Gasteiger partial charge < -0.3 is 20.8 Å². The highest BCUT2D eigenvalue weighted by atomic mass is 19.1. The molecule has 1 aromatic rings. The van der Waals surface area contributed by atoms with Gasteiger partial charge in [-0.2, -0.15) is 0 Å². The quantitative estimate of drug-likeness (QED) is 0.654. The first-order chi connectivity index (χ1) is 9.72. The molecule has 7 nitrogen and oxygen atoms in total. The Morgan fingerprint density at radius 2 is 1.86 bits per heavy atom. The topological polar surface area (TPSA) is 116 Å². The molecule has 1 rings (SSSR count). The molecule has 0 bridgehead atoms. The van der Waals surface area contributed by atoms with Gasteiger partial charge in [-0.25, -0.2) is 18.4 Å². The second-order valence-corrected chi connectivity index (χ2v) is 4.14. The van der Waals surface area contributed by atoms with E-state index in [-0.39, 0.29) is 5.56 Å². The maximum atomic E-state index is 13.6. The molecule has 114 valence electrons. The van der Waals surface area contributed by atoms with E-state index in [1.54, 1.807) is 5.32 Å². The van der Waals surface area contributed by atoms with Crippen LogP contribution in [0.15, 0.2) is 12.1 Å². The van der Waals surface area contributed by atoms with Gasteiger partial charge in [0.05, 0.1) is 6.42 Å². The molecule has 0 heterocycles. The monoisotopic (exact) mass is 302 g/mol. The lowest BCUT2D eigenvalue weighted by Gasteiger charge is -2.14. The van der Waals surface area contributed by atoms with Crippen LogP contribution in [-0.2, 0) is 9.59 Å². The largest absolute Gasteiger partial charge is 0.481 e. The van der Waals surface area contributed by atoms with Gasteiger partial charge in [0.1, 0.15) is 17.5 Å². The van der Waals surface area contributed by atoms with Gasteiger partial charge in [0.15, 0.2) is 5.82 Å². The fraction of sp³-hybridized carbons (Fsp3) is 0.250. The predicted molar refractivity (Wildman–Crippen MR) is 66.9 cm³/mol. The zero-order valence-corrected chi connectivity index (χ0v) is 10.8. The van der Waals surface area contributed by atoms with E-state index in [0.29, 0.717) is 0 Å². The van der Waals surface area contributed by atoms with Crippen LogP contribution in [0.25, 0.3) is 0 Å². The zero-order valence-electron chi connectivity index (χ0n) is 10.8. The van der Waals surface area contributed by atoms with Crippen LogP contribution < -0.4 is 10.6 Å². The van der Waals surface area contributed by atoms with E-state index >= 15 is 0 Å². The van der Waals surface area contributed by atoms with Crippen LogP contribution >= 0.6 is 0 Å². The Morgan fingerprint density at radius 3 is 2.38 bits per heavy atom. The van der Waals surface area contributed by atoms with Crippen LogP contribution in [0.2, 0.25) is 0 Å².